The van der Waals surface area contributed by atoms with E-state index in [9.17, 15) is 23.5 Å². The zero-order valence-electron chi connectivity index (χ0n) is 18.4. The van der Waals surface area contributed by atoms with Gasteiger partial charge in [-0.3, -0.25) is 14.5 Å². The molecular formula is C25H21F2NO6. The molecule has 9 heteroatoms. The highest BCUT2D eigenvalue weighted by Gasteiger charge is 2.48. The monoisotopic (exact) mass is 469 g/mol. The minimum Gasteiger partial charge on any atom is -0.507 e. The molecule has 1 saturated heterocycles. The molecule has 1 aromatic heterocycles. The molecule has 4 rings (SSSR count). The number of benzene rings is 2. The van der Waals surface area contributed by atoms with Crippen LogP contribution in [0.4, 0.5) is 14.5 Å². The largest absolute Gasteiger partial charge is 0.507 e. The van der Waals surface area contributed by atoms with E-state index in [4.69, 9.17) is 13.9 Å². The summed E-state index contributed by atoms with van der Waals surface area (Å²) in [5, 5.41) is 11.3. The fourth-order valence-electron chi connectivity index (χ4n) is 3.82. The third-order valence-corrected chi connectivity index (χ3v) is 5.26. The van der Waals surface area contributed by atoms with Gasteiger partial charge in [0.15, 0.2) is 11.6 Å². The second kappa shape index (κ2) is 9.38. The van der Waals surface area contributed by atoms with Crippen LogP contribution in [0, 0.1) is 11.6 Å². The number of rotatable bonds is 7. The second-order valence-corrected chi connectivity index (χ2v) is 7.31. The van der Waals surface area contributed by atoms with Crippen molar-refractivity contribution in [3.63, 3.8) is 0 Å². The van der Waals surface area contributed by atoms with Crippen LogP contribution in [-0.2, 0) is 9.59 Å². The predicted octanol–water partition coefficient (Wildman–Crippen LogP) is 4.98. The Morgan fingerprint density at radius 1 is 1.03 bits per heavy atom. The molecule has 1 aliphatic heterocycles. The van der Waals surface area contributed by atoms with E-state index in [-0.39, 0.29) is 34.9 Å². The lowest BCUT2D eigenvalue weighted by atomic mass is 9.98. The fourth-order valence-corrected chi connectivity index (χ4v) is 3.82. The summed E-state index contributed by atoms with van der Waals surface area (Å²) in [5.41, 5.74) is -0.196. The van der Waals surface area contributed by atoms with Crippen molar-refractivity contribution in [2.75, 3.05) is 18.1 Å². The molecule has 1 atom stereocenters. The summed E-state index contributed by atoms with van der Waals surface area (Å²) in [5.74, 6) is -3.97. The van der Waals surface area contributed by atoms with Crippen LogP contribution in [0.2, 0.25) is 0 Å². The van der Waals surface area contributed by atoms with E-state index in [2.05, 4.69) is 0 Å². The van der Waals surface area contributed by atoms with Gasteiger partial charge in [0.05, 0.1) is 30.6 Å². The van der Waals surface area contributed by atoms with Gasteiger partial charge in [-0.25, -0.2) is 8.78 Å². The lowest BCUT2D eigenvalue weighted by Gasteiger charge is -2.23. The zero-order chi connectivity index (χ0) is 24.4. The molecular weight excluding hydrogens is 448 g/mol. The number of aliphatic hydroxyl groups is 1. The number of amides is 1. The predicted molar refractivity (Wildman–Crippen MR) is 119 cm³/mol. The molecule has 1 fully saturated rings. The lowest BCUT2D eigenvalue weighted by Crippen LogP contribution is -2.29. The van der Waals surface area contributed by atoms with Crippen molar-refractivity contribution in [2.24, 2.45) is 0 Å². The van der Waals surface area contributed by atoms with Crippen LogP contribution >= 0.6 is 0 Å². The number of ether oxygens (including phenoxy) is 2. The molecule has 1 unspecified atom stereocenters. The molecule has 0 saturated carbocycles. The molecule has 7 nitrogen and oxygen atoms in total. The number of carbonyl (C=O) groups excluding carboxylic acids is 2. The molecule has 1 amide bonds. The van der Waals surface area contributed by atoms with Crippen molar-refractivity contribution in [3.8, 4) is 11.5 Å². The Bertz CT molecular complexity index is 1270. The first-order valence-corrected chi connectivity index (χ1v) is 10.6. The number of hydrogen-bond donors (Lipinski definition) is 1. The summed E-state index contributed by atoms with van der Waals surface area (Å²) in [4.78, 5) is 27.1. The van der Waals surface area contributed by atoms with Crippen LogP contribution in [-0.4, -0.2) is 30.0 Å². The van der Waals surface area contributed by atoms with Crippen LogP contribution in [0.3, 0.4) is 0 Å². The number of halogens is 2. The van der Waals surface area contributed by atoms with Crippen molar-refractivity contribution < 1.29 is 37.4 Å². The van der Waals surface area contributed by atoms with E-state index in [1.165, 1.54) is 24.5 Å². The van der Waals surface area contributed by atoms with Gasteiger partial charge in [0.25, 0.3) is 11.7 Å². The number of furan rings is 1. The molecule has 2 aromatic carbocycles. The maximum atomic E-state index is 14.0. The van der Waals surface area contributed by atoms with Crippen LogP contribution < -0.4 is 14.4 Å². The molecule has 0 radical (unpaired) electrons. The van der Waals surface area contributed by atoms with Gasteiger partial charge in [0, 0.05) is 17.8 Å². The minimum atomic E-state index is -1.22. The molecule has 3 aromatic rings. The Morgan fingerprint density at radius 3 is 2.44 bits per heavy atom. The summed E-state index contributed by atoms with van der Waals surface area (Å²) in [6.45, 7) is 4.24. The van der Waals surface area contributed by atoms with E-state index in [0.717, 1.165) is 17.0 Å². The maximum Gasteiger partial charge on any atom is 0.300 e. The van der Waals surface area contributed by atoms with Gasteiger partial charge >= 0.3 is 0 Å². The second-order valence-electron chi connectivity index (χ2n) is 7.31. The van der Waals surface area contributed by atoms with Crippen molar-refractivity contribution in [3.05, 3.63) is 83.3 Å². The van der Waals surface area contributed by atoms with E-state index < -0.39 is 35.1 Å². The molecule has 1 N–H and O–H groups in total. The third kappa shape index (κ3) is 4.00. The SMILES string of the molecule is CCOc1ccc(/C(O)=C2/C(=O)C(=O)N(c3ccc(F)c(F)c3)C2c2ccco2)c(OCC)c1. The van der Waals surface area contributed by atoms with Crippen molar-refractivity contribution in [2.45, 2.75) is 19.9 Å². The van der Waals surface area contributed by atoms with Crippen molar-refractivity contribution in [1.82, 2.24) is 0 Å². The number of carbonyl (C=O) groups is 2. The first-order valence-electron chi connectivity index (χ1n) is 10.6. The molecule has 0 spiro atoms. The van der Waals surface area contributed by atoms with Crippen LogP contribution in [0.25, 0.3) is 5.76 Å². The molecule has 0 bridgehead atoms. The van der Waals surface area contributed by atoms with E-state index in [0.29, 0.717) is 12.4 Å². The van der Waals surface area contributed by atoms with Gasteiger partial charge in [-0.15, -0.1) is 0 Å². The first-order chi connectivity index (χ1) is 16.4. The molecule has 176 valence electrons. The van der Waals surface area contributed by atoms with Gasteiger partial charge < -0.3 is 19.0 Å². The number of aliphatic hydroxyl groups excluding tert-OH is 1. The molecule has 1 aliphatic rings. The summed E-state index contributed by atoms with van der Waals surface area (Å²) < 4.78 is 44.1. The van der Waals surface area contributed by atoms with Crippen molar-refractivity contribution in [1.29, 1.82) is 0 Å². The number of hydrogen-bond acceptors (Lipinski definition) is 6. The van der Waals surface area contributed by atoms with E-state index in [1.807, 2.05) is 6.92 Å². The highest BCUT2D eigenvalue weighted by molar-refractivity contribution is 6.51. The number of anilines is 1. The Balaban J connectivity index is 1.91. The van der Waals surface area contributed by atoms with E-state index in [1.54, 1.807) is 25.1 Å². The van der Waals surface area contributed by atoms with Crippen molar-refractivity contribution >= 4 is 23.1 Å². The first kappa shape index (κ1) is 23.0. The number of Topliss-reactive ketones (excluding diaryl/α,β-unsaturated/α-hetero) is 1. The van der Waals surface area contributed by atoms with Crippen LogP contribution in [0.15, 0.2) is 64.8 Å². The Hall–Kier alpha value is -4.14. The Labute approximate surface area is 193 Å². The lowest BCUT2D eigenvalue weighted by molar-refractivity contribution is -0.132. The third-order valence-electron chi connectivity index (χ3n) is 5.26. The normalized spacial score (nSPS) is 17.3. The fraction of sp³-hybridized carbons (Fsp3) is 0.200. The topological polar surface area (TPSA) is 89.2 Å². The minimum absolute atomic E-state index is 0.0711. The smallest absolute Gasteiger partial charge is 0.300 e. The van der Waals surface area contributed by atoms with Gasteiger partial charge in [-0.05, 0) is 50.2 Å². The highest BCUT2D eigenvalue weighted by Crippen LogP contribution is 2.44. The van der Waals surface area contributed by atoms with Gasteiger partial charge in [0.1, 0.15) is 29.1 Å². The number of nitrogens with zero attached hydrogens (tertiary/aromatic N) is 1. The highest BCUT2D eigenvalue weighted by atomic mass is 19.2. The van der Waals surface area contributed by atoms with E-state index >= 15 is 0 Å². The van der Waals surface area contributed by atoms with Crippen LogP contribution in [0.1, 0.15) is 31.2 Å². The average Bonchev–Trinajstić information content (AvgIpc) is 3.43. The van der Waals surface area contributed by atoms with Gasteiger partial charge in [0.2, 0.25) is 0 Å². The maximum absolute atomic E-state index is 14.0. The quantitative estimate of drug-likeness (QED) is 0.298. The summed E-state index contributed by atoms with van der Waals surface area (Å²) in [6, 6.07) is 9.32. The molecule has 34 heavy (non-hydrogen) atoms. The summed E-state index contributed by atoms with van der Waals surface area (Å²) in [7, 11) is 0. The zero-order valence-corrected chi connectivity index (χ0v) is 18.4. The molecule has 2 heterocycles. The average molecular weight is 469 g/mol. The van der Waals surface area contributed by atoms with Gasteiger partial charge in [-0.2, -0.15) is 0 Å². The summed E-state index contributed by atoms with van der Waals surface area (Å²) >= 11 is 0. The Morgan fingerprint density at radius 2 is 1.79 bits per heavy atom. The summed E-state index contributed by atoms with van der Waals surface area (Å²) in [6.07, 6.45) is 1.34. The van der Waals surface area contributed by atoms with Crippen LogP contribution in [0.5, 0.6) is 11.5 Å². The Kier molecular flexibility index (Phi) is 6.36. The standard InChI is InChI=1S/C25H21F2NO6/c1-3-32-15-8-9-16(20(13-15)33-4-2)23(29)21-22(19-6-5-11-34-19)28(25(31)24(21)30)14-7-10-17(26)18(27)12-14/h5-13,22,29H,3-4H2,1-2H3/b23-21-. The number of ketones is 1. The molecule has 0 aliphatic carbocycles. The van der Waals surface area contributed by atoms with Gasteiger partial charge in [-0.1, -0.05) is 0 Å².